The summed E-state index contributed by atoms with van der Waals surface area (Å²) >= 11 is 1.52. The van der Waals surface area contributed by atoms with Crippen molar-refractivity contribution in [1.29, 1.82) is 0 Å². The van der Waals surface area contributed by atoms with Crippen LogP contribution in [0.4, 0.5) is 0 Å². The van der Waals surface area contributed by atoms with E-state index in [4.69, 9.17) is 14.6 Å². The molecule has 94 valence electrons. The van der Waals surface area contributed by atoms with Crippen LogP contribution in [0.3, 0.4) is 0 Å². The summed E-state index contributed by atoms with van der Waals surface area (Å²) in [6.45, 7) is 1.64. The largest absolute Gasteiger partial charge is 0.508 e. The fourth-order valence-corrected chi connectivity index (χ4v) is 2.30. The number of rotatable bonds is 4. The number of carboxylic acid groups (broad SMARTS) is 1. The fourth-order valence-electron chi connectivity index (χ4n) is 1.52. The van der Waals surface area contributed by atoms with Crippen LogP contribution in [0, 0.1) is 6.92 Å². The summed E-state index contributed by atoms with van der Waals surface area (Å²) < 4.78 is 5.37. The summed E-state index contributed by atoms with van der Waals surface area (Å²) in [4.78, 5) is 11.8. The average Bonchev–Trinajstić information content (AvgIpc) is 2.70. The van der Waals surface area contributed by atoms with Crippen LogP contribution < -0.4 is 0 Å². The van der Waals surface area contributed by atoms with Crippen LogP contribution >= 0.6 is 11.8 Å². The lowest BCUT2D eigenvalue weighted by Crippen LogP contribution is -1.94. The van der Waals surface area contributed by atoms with E-state index in [2.05, 4.69) is 0 Å². The van der Waals surface area contributed by atoms with E-state index < -0.39 is 5.97 Å². The topological polar surface area (TPSA) is 70.7 Å². The van der Waals surface area contributed by atoms with E-state index in [1.165, 1.54) is 11.8 Å². The van der Waals surface area contributed by atoms with Crippen molar-refractivity contribution in [2.75, 3.05) is 0 Å². The highest BCUT2D eigenvalue weighted by Gasteiger charge is 2.13. The zero-order valence-corrected chi connectivity index (χ0v) is 10.5. The van der Waals surface area contributed by atoms with Crippen LogP contribution in [0.2, 0.25) is 0 Å². The maximum atomic E-state index is 10.9. The van der Waals surface area contributed by atoms with Gasteiger partial charge >= 0.3 is 5.97 Å². The highest BCUT2D eigenvalue weighted by atomic mass is 32.2. The monoisotopic (exact) mass is 264 g/mol. The molecule has 0 spiro atoms. The molecule has 1 aromatic heterocycles. The van der Waals surface area contributed by atoms with Crippen molar-refractivity contribution in [3.63, 3.8) is 0 Å². The van der Waals surface area contributed by atoms with Crippen molar-refractivity contribution in [2.24, 2.45) is 0 Å². The van der Waals surface area contributed by atoms with Gasteiger partial charge < -0.3 is 14.6 Å². The zero-order chi connectivity index (χ0) is 13.1. The standard InChI is InChI=1S/C13H12O4S/c1-8-12(13(15)16)6-10(17-8)7-18-11-4-2-9(14)3-5-11/h2-6,14H,7H2,1H3,(H,15,16). The molecule has 0 saturated carbocycles. The highest BCUT2D eigenvalue weighted by Crippen LogP contribution is 2.26. The number of phenols is 1. The zero-order valence-electron chi connectivity index (χ0n) is 9.71. The summed E-state index contributed by atoms with van der Waals surface area (Å²) in [5.41, 5.74) is 0.205. The molecule has 0 unspecified atom stereocenters. The molecular formula is C13H12O4S. The van der Waals surface area contributed by atoms with Crippen molar-refractivity contribution in [1.82, 2.24) is 0 Å². The predicted octanol–water partition coefficient (Wildman–Crippen LogP) is 3.28. The number of aryl methyl sites for hydroxylation is 1. The molecule has 18 heavy (non-hydrogen) atoms. The molecule has 0 aliphatic heterocycles. The molecule has 2 rings (SSSR count). The number of carboxylic acids is 1. The van der Waals surface area contributed by atoms with E-state index in [-0.39, 0.29) is 11.3 Å². The van der Waals surface area contributed by atoms with Crippen LogP contribution in [0.1, 0.15) is 21.9 Å². The van der Waals surface area contributed by atoms with E-state index >= 15 is 0 Å². The van der Waals surface area contributed by atoms with E-state index in [1.54, 1.807) is 37.3 Å². The smallest absolute Gasteiger partial charge is 0.339 e. The third kappa shape index (κ3) is 2.87. The first kappa shape index (κ1) is 12.6. The Balaban J connectivity index is 2.04. The highest BCUT2D eigenvalue weighted by molar-refractivity contribution is 7.98. The molecule has 0 saturated heterocycles. The van der Waals surface area contributed by atoms with Crippen LogP contribution in [0.15, 0.2) is 39.6 Å². The lowest BCUT2D eigenvalue weighted by Gasteiger charge is -1.99. The SMILES string of the molecule is Cc1oc(CSc2ccc(O)cc2)cc1C(=O)O. The number of furan rings is 1. The molecule has 0 bridgehead atoms. The van der Waals surface area contributed by atoms with E-state index in [0.29, 0.717) is 17.3 Å². The number of carbonyl (C=O) groups is 1. The molecule has 2 N–H and O–H groups in total. The summed E-state index contributed by atoms with van der Waals surface area (Å²) in [5.74, 6) is 0.851. The van der Waals surface area contributed by atoms with Gasteiger partial charge in [-0.05, 0) is 37.3 Å². The Kier molecular flexibility index (Phi) is 3.62. The van der Waals surface area contributed by atoms with Crippen molar-refractivity contribution in [3.05, 3.63) is 47.4 Å². The molecule has 0 amide bonds. The van der Waals surface area contributed by atoms with Crippen molar-refractivity contribution >= 4 is 17.7 Å². The van der Waals surface area contributed by atoms with Crippen molar-refractivity contribution < 1.29 is 19.4 Å². The molecule has 0 aliphatic carbocycles. The molecule has 5 heteroatoms. The Labute approximate surface area is 108 Å². The Morgan fingerprint density at radius 1 is 1.33 bits per heavy atom. The van der Waals surface area contributed by atoms with Gasteiger partial charge in [0.1, 0.15) is 22.8 Å². The third-order valence-electron chi connectivity index (χ3n) is 2.42. The predicted molar refractivity (Wildman–Crippen MR) is 68.1 cm³/mol. The first-order chi connectivity index (χ1) is 8.56. The first-order valence-corrected chi connectivity index (χ1v) is 6.29. The molecule has 0 aliphatic rings. The first-order valence-electron chi connectivity index (χ1n) is 5.30. The van der Waals surface area contributed by atoms with Gasteiger partial charge in [-0.25, -0.2) is 4.79 Å². The Bertz CT molecular complexity index is 557. The van der Waals surface area contributed by atoms with Gasteiger partial charge in [-0.2, -0.15) is 0 Å². The summed E-state index contributed by atoms with van der Waals surface area (Å²) in [5, 5.41) is 18.0. The summed E-state index contributed by atoms with van der Waals surface area (Å²) in [7, 11) is 0. The molecule has 0 atom stereocenters. The van der Waals surface area contributed by atoms with Crippen LogP contribution in [-0.2, 0) is 5.75 Å². The van der Waals surface area contributed by atoms with Crippen molar-refractivity contribution in [2.45, 2.75) is 17.6 Å². The summed E-state index contributed by atoms with van der Waals surface area (Å²) in [6.07, 6.45) is 0. The van der Waals surface area contributed by atoms with Gasteiger partial charge in [0.2, 0.25) is 0 Å². The number of thioether (sulfide) groups is 1. The number of phenolic OH excluding ortho intramolecular Hbond substituents is 1. The van der Waals surface area contributed by atoms with Crippen LogP contribution in [-0.4, -0.2) is 16.2 Å². The molecule has 2 aromatic rings. The molecule has 4 nitrogen and oxygen atoms in total. The molecule has 0 fully saturated rings. The van der Waals surface area contributed by atoms with E-state index in [0.717, 1.165) is 4.90 Å². The van der Waals surface area contributed by atoms with Crippen molar-refractivity contribution in [3.8, 4) is 5.75 Å². The van der Waals surface area contributed by atoms with Crippen LogP contribution in [0.25, 0.3) is 0 Å². The van der Waals surface area contributed by atoms with Gasteiger partial charge in [-0.3, -0.25) is 0 Å². The lowest BCUT2D eigenvalue weighted by molar-refractivity contribution is 0.0695. The Morgan fingerprint density at radius 3 is 2.56 bits per heavy atom. The van der Waals surface area contributed by atoms with Gasteiger partial charge in [-0.1, -0.05) is 0 Å². The van der Waals surface area contributed by atoms with Gasteiger partial charge in [0.05, 0.1) is 5.75 Å². The average molecular weight is 264 g/mol. The van der Waals surface area contributed by atoms with Gasteiger partial charge in [0.15, 0.2) is 0 Å². The molecule has 0 radical (unpaired) electrons. The molecule has 1 heterocycles. The minimum absolute atomic E-state index is 0.205. The quantitative estimate of drug-likeness (QED) is 0.829. The Morgan fingerprint density at radius 2 is 2.00 bits per heavy atom. The fraction of sp³-hybridized carbons (Fsp3) is 0.154. The minimum atomic E-state index is -0.975. The second-order valence-corrected chi connectivity index (χ2v) is 4.82. The van der Waals surface area contributed by atoms with Gasteiger partial charge in [0, 0.05) is 4.90 Å². The second-order valence-electron chi connectivity index (χ2n) is 3.77. The maximum Gasteiger partial charge on any atom is 0.339 e. The number of hydrogen-bond donors (Lipinski definition) is 2. The normalized spacial score (nSPS) is 10.5. The lowest BCUT2D eigenvalue weighted by atomic mass is 10.2. The number of hydrogen-bond acceptors (Lipinski definition) is 4. The van der Waals surface area contributed by atoms with E-state index in [1.807, 2.05) is 0 Å². The van der Waals surface area contributed by atoms with E-state index in [9.17, 15) is 4.79 Å². The molecular weight excluding hydrogens is 252 g/mol. The second kappa shape index (κ2) is 5.18. The Hall–Kier alpha value is -1.88. The van der Waals surface area contributed by atoms with Gasteiger partial charge in [0.25, 0.3) is 0 Å². The number of aromatic carboxylic acids is 1. The third-order valence-corrected chi connectivity index (χ3v) is 3.45. The maximum absolute atomic E-state index is 10.9. The summed E-state index contributed by atoms with van der Waals surface area (Å²) in [6, 6.07) is 8.36. The minimum Gasteiger partial charge on any atom is -0.508 e. The van der Waals surface area contributed by atoms with Gasteiger partial charge in [-0.15, -0.1) is 11.8 Å². The number of benzene rings is 1. The molecule has 1 aromatic carbocycles. The van der Waals surface area contributed by atoms with Crippen LogP contribution in [0.5, 0.6) is 5.75 Å². The number of aromatic hydroxyl groups is 1.